The van der Waals surface area contributed by atoms with Gasteiger partial charge < -0.3 is 10.2 Å². The third-order valence-electron chi connectivity index (χ3n) is 7.85. The predicted molar refractivity (Wildman–Crippen MR) is 169 cm³/mol. The lowest BCUT2D eigenvalue weighted by molar-refractivity contribution is -0.141. The lowest BCUT2D eigenvalue weighted by Gasteiger charge is -2.33. The molecule has 3 aromatic rings. The number of anilines is 1. The van der Waals surface area contributed by atoms with Crippen LogP contribution in [0.1, 0.15) is 60.8 Å². The van der Waals surface area contributed by atoms with Crippen LogP contribution in [0.25, 0.3) is 0 Å². The van der Waals surface area contributed by atoms with Gasteiger partial charge in [0.15, 0.2) is 0 Å². The molecule has 2 amide bonds. The normalized spacial score (nSPS) is 14.4. The van der Waals surface area contributed by atoms with Gasteiger partial charge in [-0.15, -0.1) is 0 Å². The molecule has 0 aromatic heterocycles. The Labute approximate surface area is 251 Å². The summed E-state index contributed by atoms with van der Waals surface area (Å²) in [5.41, 5.74) is 4.55. The van der Waals surface area contributed by atoms with E-state index in [0.717, 1.165) is 47.9 Å². The molecule has 1 aliphatic carbocycles. The van der Waals surface area contributed by atoms with E-state index >= 15 is 0 Å². The van der Waals surface area contributed by atoms with Crippen LogP contribution in [0.4, 0.5) is 5.69 Å². The van der Waals surface area contributed by atoms with Crippen LogP contribution in [-0.4, -0.2) is 50.0 Å². The first kappa shape index (κ1) is 31.3. The molecule has 0 unspecified atom stereocenters. The summed E-state index contributed by atoms with van der Waals surface area (Å²) in [5, 5.41) is 3.23. The molecule has 1 saturated carbocycles. The van der Waals surface area contributed by atoms with E-state index in [1.165, 1.54) is 10.6 Å². The molecule has 42 heavy (non-hydrogen) atoms. The summed E-state index contributed by atoms with van der Waals surface area (Å²) in [5.74, 6) is -0.305. The molecule has 1 fully saturated rings. The Morgan fingerprint density at radius 2 is 1.52 bits per heavy atom. The van der Waals surface area contributed by atoms with E-state index in [0.29, 0.717) is 25.1 Å². The van der Waals surface area contributed by atoms with Crippen molar-refractivity contribution in [3.05, 3.63) is 101 Å². The van der Waals surface area contributed by atoms with Crippen molar-refractivity contribution in [3.8, 4) is 0 Å². The molecule has 224 valence electrons. The molecule has 4 rings (SSSR count). The maximum atomic E-state index is 14.0. The van der Waals surface area contributed by atoms with Gasteiger partial charge in [0.1, 0.15) is 6.04 Å². The lowest BCUT2D eigenvalue weighted by atomic mass is 10.0. The Hall–Kier alpha value is -3.65. The SMILES string of the molecule is Cc1cccc(CN(C(=O)CCCN(c2cccc(C)c2)S(C)(=O)=O)[C@H](Cc2ccccc2)C(=O)NC2CCCC2)c1. The van der Waals surface area contributed by atoms with Crippen LogP contribution in [0.3, 0.4) is 0 Å². The minimum absolute atomic E-state index is 0.117. The van der Waals surface area contributed by atoms with Crippen molar-refractivity contribution in [2.24, 2.45) is 0 Å². The number of carbonyl (C=O) groups excluding carboxylic acids is 2. The zero-order valence-corrected chi connectivity index (χ0v) is 25.8. The van der Waals surface area contributed by atoms with Crippen LogP contribution < -0.4 is 9.62 Å². The Morgan fingerprint density at radius 3 is 2.17 bits per heavy atom. The highest BCUT2D eigenvalue weighted by atomic mass is 32.2. The van der Waals surface area contributed by atoms with Gasteiger partial charge in [-0.1, -0.05) is 85.1 Å². The van der Waals surface area contributed by atoms with Gasteiger partial charge in [-0.3, -0.25) is 13.9 Å². The lowest BCUT2D eigenvalue weighted by Crippen LogP contribution is -2.52. The molecule has 0 aliphatic heterocycles. The minimum Gasteiger partial charge on any atom is -0.352 e. The molecule has 1 aliphatic rings. The van der Waals surface area contributed by atoms with Gasteiger partial charge in [0.05, 0.1) is 11.9 Å². The van der Waals surface area contributed by atoms with E-state index in [1.54, 1.807) is 11.0 Å². The van der Waals surface area contributed by atoms with E-state index in [4.69, 9.17) is 0 Å². The summed E-state index contributed by atoms with van der Waals surface area (Å²) in [4.78, 5) is 29.5. The zero-order valence-electron chi connectivity index (χ0n) is 25.0. The van der Waals surface area contributed by atoms with Gasteiger partial charge in [0, 0.05) is 32.0 Å². The first-order chi connectivity index (χ1) is 20.1. The number of hydrogen-bond acceptors (Lipinski definition) is 4. The second-order valence-electron chi connectivity index (χ2n) is 11.5. The molecule has 0 bridgehead atoms. The van der Waals surface area contributed by atoms with Crippen molar-refractivity contribution < 1.29 is 18.0 Å². The number of nitrogens with zero attached hydrogens (tertiary/aromatic N) is 2. The fourth-order valence-electron chi connectivity index (χ4n) is 5.72. The van der Waals surface area contributed by atoms with Crippen molar-refractivity contribution in [1.29, 1.82) is 0 Å². The van der Waals surface area contributed by atoms with E-state index < -0.39 is 16.1 Å². The number of aryl methyl sites for hydroxylation is 2. The number of amides is 2. The molecule has 8 heteroatoms. The maximum Gasteiger partial charge on any atom is 0.243 e. The average molecular weight is 590 g/mol. The molecule has 0 radical (unpaired) electrons. The molecule has 1 atom stereocenters. The quantitative estimate of drug-likeness (QED) is 0.283. The molecule has 0 spiro atoms. The van der Waals surface area contributed by atoms with Crippen LogP contribution in [0.2, 0.25) is 0 Å². The van der Waals surface area contributed by atoms with Gasteiger partial charge in [0.2, 0.25) is 21.8 Å². The van der Waals surface area contributed by atoms with Crippen molar-refractivity contribution in [3.63, 3.8) is 0 Å². The zero-order chi connectivity index (χ0) is 30.1. The third kappa shape index (κ3) is 8.92. The Morgan fingerprint density at radius 1 is 0.881 bits per heavy atom. The number of sulfonamides is 1. The highest BCUT2D eigenvalue weighted by Gasteiger charge is 2.32. The smallest absolute Gasteiger partial charge is 0.243 e. The van der Waals surface area contributed by atoms with Gasteiger partial charge in [0.25, 0.3) is 0 Å². The number of rotatable bonds is 13. The van der Waals surface area contributed by atoms with Crippen molar-refractivity contribution in [1.82, 2.24) is 10.2 Å². The van der Waals surface area contributed by atoms with E-state index in [9.17, 15) is 18.0 Å². The van der Waals surface area contributed by atoms with Gasteiger partial charge in [-0.25, -0.2) is 8.42 Å². The number of benzene rings is 3. The molecule has 0 saturated heterocycles. The number of carbonyl (C=O) groups is 2. The van der Waals surface area contributed by atoms with Gasteiger partial charge in [-0.05, 0) is 61.9 Å². The van der Waals surface area contributed by atoms with Crippen LogP contribution in [0, 0.1) is 13.8 Å². The van der Waals surface area contributed by atoms with Crippen LogP contribution in [0.15, 0.2) is 78.9 Å². The molecular formula is C34H43N3O4S. The Kier molecular flexibility index (Phi) is 10.8. The summed E-state index contributed by atoms with van der Waals surface area (Å²) in [7, 11) is -3.55. The topological polar surface area (TPSA) is 86.8 Å². The first-order valence-electron chi connectivity index (χ1n) is 14.8. The second-order valence-corrected chi connectivity index (χ2v) is 13.4. The summed E-state index contributed by atoms with van der Waals surface area (Å²) < 4.78 is 26.7. The first-order valence-corrected chi connectivity index (χ1v) is 16.7. The fourth-order valence-corrected chi connectivity index (χ4v) is 6.67. The van der Waals surface area contributed by atoms with E-state index in [-0.39, 0.29) is 30.8 Å². The highest BCUT2D eigenvalue weighted by Crippen LogP contribution is 2.23. The summed E-state index contributed by atoms with van der Waals surface area (Å²) in [6, 6.07) is 24.6. The van der Waals surface area contributed by atoms with Crippen molar-refractivity contribution >= 4 is 27.5 Å². The predicted octanol–water partition coefficient (Wildman–Crippen LogP) is 5.55. The summed E-state index contributed by atoms with van der Waals surface area (Å²) >= 11 is 0. The summed E-state index contributed by atoms with van der Waals surface area (Å²) in [6.07, 6.45) is 6.13. The molecule has 7 nitrogen and oxygen atoms in total. The minimum atomic E-state index is -3.55. The fraction of sp³-hybridized carbons (Fsp3) is 0.412. The number of hydrogen-bond donors (Lipinski definition) is 1. The monoisotopic (exact) mass is 589 g/mol. The van der Waals surface area contributed by atoms with Gasteiger partial charge in [-0.2, -0.15) is 0 Å². The van der Waals surface area contributed by atoms with Crippen LogP contribution >= 0.6 is 0 Å². The number of nitrogens with one attached hydrogen (secondary N) is 1. The standard InChI is InChI=1S/C34H43N3O4S/c1-26-12-9-16-29(22-26)25-36(32(24-28-14-5-4-6-15-28)34(39)35-30-17-7-8-18-30)33(38)20-11-21-37(42(3,40)41)31-19-10-13-27(2)23-31/h4-6,9-10,12-16,19,22-23,30,32H,7-8,11,17-18,20-21,24-25H2,1-3H3,(H,35,39)/t32-/m1/s1. The summed E-state index contributed by atoms with van der Waals surface area (Å²) in [6.45, 7) is 4.39. The second kappa shape index (κ2) is 14.5. The molecular weight excluding hydrogens is 546 g/mol. The van der Waals surface area contributed by atoms with Crippen LogP contribution in [-0.2, 0) is 32.6 Å². The molecule has 0 heterocycles. The van der Waals surface area contributed by atoms with Crippen molar-refractivity contribution in [2.45, 2.75) is 77.4 Å². The molecule has 1 N–H and O–H groups in total. The maximum absolute atomic E-state index is 14.0. The average Bonchev–Trinajstić information content (AvgIpc) is 3.46. The van der Waals surface area contributed by atoms with Crippen molar-refractivity contribution in [2.75, 3.05) is 17.1 Å². The molecule has 3 aromatic carbocycles. The largest absolute Gasteiger partial charge is 0.352 e. The van der Waals surface area contributed by atoms with E-state index in [1.807, 2.05) is 86.6 Å². The Bertz CT molecular complexity index is 1450. The van der Waals surface area contributed by atoms with E-state index in [2.05, 4.69) is 5.32 Å². The Balaban J connectivity index is 1.59. The highest BCUT2D eigenvalue weighted by molar-refractivity contribution is 7.92. The third-order valence-corrected chi connectivity index (χ3v) is 9.04. The van der Waals surface area contributed by atoms with Crippen LogP contribution in [0.5, 0.6) is 0 Å². The van der Waals surface area contributed by atoms with Gasteiger partial charge >= 0.3 is 0 Å².